The lowest BCUT2D eigenvalue weighted by atomic mass is 9.94. The molecule has 0 radical (unpaired) electrons. The summed E-state index contributed by atoms with van der Waals surface area (Å²) in [5.41, 5.74) is 2.17. The highest BCUT2D eigenvalue weighted by atomic mass is 16.5. The minimum Gasteiger partial charge on any atom is -0.507 e. The molecule has 94 valence electrons. The van der Waals surface area contributed by atoms with Gasteiger partial charge in [-0.25, -0.2) is 0 Å². The number of ether oxygens (including phenoxy) is 1. The van der Waals surface area contributed by atoms with Crippen LogP contribution in [0.25, 0.3) is 0 Å². The van der Waals surface area contributed by atoms with Crippen LogP contribution < -0.4 is 4.74 Å². The Bertz CT molecular complexity index is 438. The maximum atomic E-state index is 10.8. The fraction of sp³-hybridized carbons (Fsp3) is 0.462. The third-order valence-corrected chi connectivity index (χ3v) is 2.99. The van der Waals surface area contributed by atoms with E-state index in [1.807, 2.05) is 13.0 Å². The Balaban J connectivity index is 3.17. The molecule has 0 aliphatic carbocycles. The second kappa shape index (κ2) is 5.08. The minimum absolute atomic E-state index is 0.134. The Morgan fingerprint density at radius 2 is 2.06 bits per heavy atom. The number of carbonyl (C=O) groups is 1. The van der Waals surface area contributed by atoms with Gasteiger partial charge in [0.1, 0.15) is 11.5 Å². The maximum Gasteiger partial charge on any atom is 0.306 e. The molecule has 0 aliphatic heterocycles. The van der Waals surface area contributed by atoms with Gasteiger partial charge in [0.25, 0.3) is 0 Å². The number of methoxy groups -OCH3 is 1. The van der Waals surface area contributed by atoms with E-state index in [2.05, 4.69) is 0 Å². The molecule has 0 spiro atoms. The Morgan fingerprint density at radius 1 is 1.47 bits per heavy atom. The molecule has 4 heteroatoms. The van der Waals surface area contributed by atoms with Crippen molar-refractivity contribution in [2.45, 2.75) is 27.2 Å². The first kappa shape index (κ1) is 13.4. The van der Waals surface area contributed by atoms with Gasteiger partial charge in [-0.1, -0.05) is 6.92 Å². The summed E-state index contributed by atoms with van der Waals surface area (Å²) in [4.78, 5) is 10.8. The number of hydrogen-bond acceptors (Lipinski definition) is 3. The number of aryl methyl sites for hydroxylation is 1. The summed E-state index contributed by atoms with van der Waals surface area (Å²) in [7, 11) is 1.54. The molecular formula is C13H18O4. The third-order valence-electron chi connectivity index (χ3n) is 2.99. The predicted octanol–water partition coefficient (Wildman–Crippen LogP) is 2.28. The number of carboxylic acids is 1. The molecule has 0 aromatic heterocycles. The highest BCUT2D eigenvalue weighted by Crippen LogP contribution is 2.34. The van der Waals surface area contributed by atoms with Crippen molar-refractivity contribution >= 4 is 5.97 Å². The first-order valence-corrected chi connectivity index (χ1v) is 5.47. The third kappa shape index (κ3) is 2.70. The van der Waals surface area contributed by atoms with E-state index >= 15 is 0 Å². The van der Waals surface area contributed by atoms with Crippen LogP contribution in [0.5, 0.6) is 11.5 Å². The number of rotatable bonds is 4. The lowest BCUT2D eigenvalue weighted by Gasteiger charge is -2.16. The monoisotopic (exact) mass is 238 g/mol. The fourth-order valence-electron chi connectivity index (χ4n) is 1.78. The SMILES string of the molecule is COc1cc(C)c(CC(C)C(=O)O)c(O)c1C. The van der Waals surface area contributed by atoms with Gasteiger partial charge in [-0.05, 0) is 37.5 Å². The largest absolute Gasteiger partial charge is 0.507 e. The van der Waals surface area contributed by atoms with Crippen molar-refractivity contribution in [3.8, 4) is 11.5 Å². The maximum absolute atomic E-state index is 10.8. The lowest BCUT2D eigenvalue weighted by Crippen LogP contribution is -2.13. The predicted molar refractivity (Wildman–Crippen MR) is 64.6 cm³/mol. The summed E-state index contributed by atoms with van der Waals surface area (Å²) in [6, 6.07) is 1.82. The molecule has 0 heterocycles. The molecular weight excluding hydrogens is 220 g/mol. The van der Waals surface area contributed by atoms with E-state index in [0.29, 0.717) is 23.3 Å². The molecule has 17 heavy (non-hydrogen) atoms. The minimum atomic E-state index is -0.864. The number of aromatic hydroxyl groups is 1. The van der Waals surface area contributed by atoms with Crippen LogP contribution in [0.1, 0.15) is 23.6 Å². The van der Waals surface area contributed by atoms with Gasteiger partial charge in [0.15, 0.2) is 0 Å². The smallest absolute Gasteiger partial charge is 0.306 e. The standard InChI is InChI=1S/C13H18O4/c1-7-6-11(17-4)9(3)12(14)10(7)5-8(2)13(15)16/h6,8,14H,5H2,1-4H3,(H,15,16). The van der Waals surface area contributed by atoms with Crippen molar-refractivity contribution < 1.29 is 19.7 Å². The second-order valence-electron chi connectivity index (χ2n) is 4.29. The molecule has 1 unspecified atom stereocenters. The van der Waals surface area contributed by atoms with Gasteiger partial charge >= 0.3 is 5.97 Å². The van der Waals surface area contributed by atoms with Gasteiger partial charge in [-0.15, -0.1) is 0 Å². The molecule has 2 N–H and O–H groups in total. The summed E-state index contributed by atoms with van der Waals surface area (Å²) in [6.45, 7) is 5.22. The van der Waals surface area contributed by atoms with E-state index in [1.165, 1.54) is 0 Å². The summed E-state index contributed by atoms with van der Waals surface area (Å²) in [6.07, 6.45) is 0.317. The second-order valence-corrected chi connectivity index (χ2v) is 4.29. The first-order valence-electron chi connectivity index (χ1n) is 5.47. The van der Waals surface area contributed by atoms with Gasteiger partial charge < -0.3 is 14.9 Å². The highest BCUT2D eigenvalue weighted by molar-refractivity contribution is 5.70. The van der Waals surface area contributed by atoms with Crippen molar-refractivity contribution in [2.75, 3.05) is 7.11 Å². The molecule has 0 amide bonds. The molecule has 0 saturated heterocycles. The van der Waals surface area contributed by atoms with Gasteiger partial charge in [-0.3, -0.25) is 4.79 Å². The number of aliphatic carboxylic acids is 1. The topological polar surface area (TPSA) is 66.8 Å². The van der Waals surface area contributed by atoms with Crippen LogP contribution in [0.4, 0.5) is 0 Å². The van der Waals surface area contributed by atoms with Crippen molar-refractivity contribution in [1.82, 2.24) is 0 Å². The molecule has 0 bridgehead atoms. The molecule has 1 rings (SSSR count). The lowest BCUT2D eigenvalue weighted by molar-refractivity contribution is -0.141. The first-order chi connectivity index (χ1) is 7.88. The van der Waals surface area contributed by atoms with Crippen LogP contribution >= 0.6 is 0 Å². The van der Waals surface area contributed by atoms with Crippen LogP contribution in [0.3, 0.4) is 0 Å². The summed E-state index contributed by atoms with van der Waals surface area (Å²) in [5, 5.41) is 18.9. The normalized spacial score (nSPS) is 12.2. The van der Waals surface area contributed by atoms with E-state index in [0.717, 1.165) is 5.56 Å². The van der Waals surface area contributed by atoms with Crippen LogP contribution in [0, 0.1) is 19.8 Å². The number of phenolic OH excluding ortho intramolecular Hbond substituents is 1. The zero-order valence-electron chi connectivity index (χ0n) is 10.6. The van der Waals surface area contributed by atoms with Gasteiger partial charge in [0, 0.05) is 5.56 Å². The summed E-state index contributed by atoms with van der Waals surface area (Å²) in [5.74, 6) is -0.633. The van der Waals surface area contributed by atoms with E-state index in [-0.39, 0.29) is 5.75 Å². The summed E-state index contributed by atoms with van der Waals surface area (Å²) >= 11 is 0. The van der Waals surface area contributed by atoms with Gasteiger partial charge in [-0.2, -0.15) is 0 Å². The molecule has 0 fully saturated rings. The van der Waals surface area contributed by atoms with E-state index in [4.69, 9.17) is 9.84 Å². The number of carboxylic acid groups (broad SMARTS) is 1. The molecule has 0 saturated carbocycles. The van der Waals surface area contributed by atoms with Gasteiger partial charge in [0.05, 0.1) is 13.0 Å². The van der Waals surface area contributed by atoms with Crippen LogP contribution in [-0.2, 0) is 11.2 Å². The average Bonchev–Trinajstić information content (AvgIpc) is 2.28. The Kier molecular flexibility index (Phi) is 3.99. The number of phenols is 1. The van der Waals surface area contributed by atoms with E-state index in [1.54, 1.807) is 21.0 Å². The quantitative estimate of drug-likeness (QED) is 0.844. The van der Waals surface area contributed by atoms with E-state index < -0.39 is 11.9 Å². The van der Waals surface area contributed by atoms with Crippen LogP contribution in [0.15, 0.2) is 6.07 Å². The zero-order chi connectivity index (χ0) is 13.2. The number of benzene rings is 1. The van der Waals surface area contributed by atoms with Crippen molar-refractivity contribution in [2.24, 2.45) is 5.92 Å². The van der Waals surface area contributed by atoms with Crippen molar-refractivity contribution in [3.05, 3.63) is 22.8 Å². The van der Waals surface area contributed by atoms with Crippen molar-refractivity contribution in [1.29, 1.82) is 0 Å². The fourth-order valence-corrected chi connectivity index (χ4v) is 1.78. The van der Waals surface area contributed by atoms with E-state index in [9.17, 15) is 9.90 Å². The zero-order valence-corrected chi connectivity index (χ0v) is 10.6. The van der Waals surface area contributed by atoms with Crippen LogP contribution in [0.2, 0.25) is 0 Å². The Hall–Kier alpha value is -1.71. The molecule has 1 atom stereocenters. The molecule has 1 aromatic rings. The highest BCUT2D eigenvalue weighted by Gasteiger charge is 2.18. The van der Waals surface area contributed by atoms with Crippen molar-refractivity contribution in [3.63, 3.8) is 0 Å². The average molecular weight is 238 g/mol. The molecule has 1 aromatic carbocycles. The van der Waals surface area contributed by atoms with Gasteiger partial charge in [0.2, 0.25) is 0 Å². The molecule has 4 nitrogen and oxygen atoms in total. The Morgan fingerprint density at radius 3 is 2.53 bits per heavy atom. The number of hydrogen-bond donors (Lipinski definition) is 2. The van der Waals surface area contributed by atoms with Crippen LogP contribution in [-0.4, -0.2) is 23.3 Å². The Labute approximate surface area is 101 Å². The summed E-state index contributed by atoms with van der Waals surface area (Å²) < 4.78 is 5.14. The molecule has 0 aliphatic rings.